The molecule has 4 fully saturated rings. The molecule has 6 heterocycles. The number of hydrogen-bond acceptors (Lipinski definition) is 6. The Balaban J connectivity index is 1.43. The first-order valence-electron chi connectivity index (χ1n) is 7.94. The van der Waals surface area contributed by atoms with Crippen molar-refractivity contribution in [1.29, 1.82) is 0 Å². The monoisotopic (exact) mass is 331 g/mol. The quantitative estimate of drug-likeness (QED) is 0.847. The van der Waals surface area contributed by atoms with Crippen LogP contribution in [0.1, 0.15) is 12.8 Å². The maximum atomic E-state index is 12.4. The molecule has 23 heavy (non-hydrogen) atoms. The van der Waals surface area contributed by atoms with Crippen molar-refractivity contribution in [2.75, 3.05) is 31.1 Å². The topological polar surface area (TPSA) is 58.8 Å². The van der Waals surface area contributed by atoms with Crippen molar-refractivity contribution < 1.29 is 13.9 Å². The van der Waals surface area contributed by atoms with E-state index in [1.54, 1.807) is 34.2 Å². The van der Waals surface area contributed by atoms with Crippen LogP contribution in [-0.2, 0) is 4.74 Å². The normalized spacial score (nSPS) is 32.7. The molecular formula is C16H17N3O3S. The lowest BCUT2D eigenvalue weighted by Crippen LogP contribution is -2.61. The molecule has 0 aromatic carbocycles. The summed E-state index contributed by atoms with van der Waals surface area (Å²) in [4.78, 5) is 21.6. The van der Waals surface area contributed by atoms with Gasteiger partial charge >= 0.3 is 6.09 Å². The molecule has 4 saturated heterocycles. The molecule has 2 bridgehead atoms. The standard InChI is InChI=1S/C16H17N3O3S/c20-15-19(14-5-11(7-21-14)13-6-17-10-23-13)9-16(22-15)8-18-3-1-12(16)2-4-18/h5-7,10,12H,1-4,8-9H2/t16-/m0/s1. The molecular weight excluding hydrogens is 314 g/mol. The molecule has 0 aliphatic carbocycles. The fourth-order valence-electron chi connectivity index (χ4n) is 4.13. The Morgan fingerprint density at radius 1 is 1.30 bits per heavy atom. The van der Waals surface area contributed by atoms with Crippen molar-refractivity contribution in [3.8, 4) is 10.4 Å². The van der Waals surface area contributed by atoms with Gasteiger partial charge in [0.15, 0.2) is 0 Å². The number of fused-ring (bicyclic) bond motifs is 2. The highest BCUT2D eigenvalue weighted by Gasteiger charge is 2.56. The molecule has 6 rings (SSSR count). The molecule has 120 valence electrons. The van der Waals surface area contributed by atoms with E-state index in [1.165, 1.54) is 0 Å². The highest BCUT2D eigenvalue weighted by atomic mass is 32.1. The van der Waals surface area contributed by atoms with Gasteiger partial charge in [0.25, 0.3) is 0 Å². The summed E-state index contributed by atoms with van der Waals surface area (Å²) in [7, 11) is 0. The van der Waals surface area contributed by atoms with Gasteiger partial charge in [0.2, 0.25) is 5.88 Å². The number of hydrogen-bond donors (Lipinski definition) is 0. The zero-order valence-corrected chi connectivity index (χ0v) is 13.4. The minimum Gasteiger partial charge on any atom is -0.448 e. The highest BCUT2D eigenvalue weighted by Crippen LogP contribution is 2.43. The third-order valence-electron chi connectivity index (χ3n) is 5.33. The Morgan fingerprint density at radius 2 is 2.17 bits per heavy atom. The van der Waals surface area contributed by atoms with Crippen LogP contribution in [0.4, 0.5) is 10.7 Å². The summed E-state index contributed by atoms with van der Waals surface area (Å²) in [5, 5.41) is 0. The largest absolute Gasteiger partial charge is 0.448 e. The van der Waals surface area contributed by atoms with E-state index in [-0.39, 0.29) is 11.7 Å². The van der Waals surface area contributed by atoms with Crippen LogP contribution in [0.15, 0.2) is 28.5 Å². The van der Waals surface area contributed by atoms with Crippen molar-refractivity contribution >= 4 is 23.3 Å². The smallest absolute Gasteiger partial charge is 0.417 e. The summed E-state index contributed by atoms with van der Waals surface area (Å²) in [5.74, 6) is 1.03. The fraction of sp³-hybridized carbons (Fsp3) is 0.500. The second-order valence-corrected chi connectivity index (χ2v) is 7.49. The number of rotatable bonds is 2. The van der Waals surface area contributed by atoms with Crippen LogP contribution in [-0.4, -0.2) is 47.8 Å². The SMILES string of the molecule is O=C1O[C@@]2(CN3CCC2CC3)CN1c1cc(-c2cncs2)co1. The number of furan rings is 1. The van der Waals surface area contributed by atoms with E-state index < -0.39 is 0 Å². The van der Waals surface area contributed by atoms with Crippen molar-refractivity contribution in [2.24, 2.45) is 5.92 Å². The third kappa shape index (κ3) is 2.03. The van der Waals surface area contributed by atoms with Gasteiger partial charge in [0, 0.05) is 30.3 Å². The first-order valence-corrected chi connectivity index (χ1v) is 8.82. The summed E-state index contributed by atoms with van der Waals surface area (Å²) >= 11 is 1.55. The Bertz CT molecular complexity index is 736. The lowest BCUT2D eigenvalue weighted by atomic mass is 9.75. The summed E-state index contributed by atoms with van der Waals surface area (Å²) in [6.45, 7) is 3.69. The van der Waals surface area contributed by atoms with Crippen molar-refractivity contribution in [2.45, 2.75) is 18.4 Å². The summed E-state index contributed by atoms with van der Waals surface area (Å²) < 4.78 is 11.5. The lowest BCUT2D eigenvalue weighted by Gasteiger charge is -2.49. The second-order valence-electron chi connectivity index (χ2n) is 6.61. The van der Waals surface area contributed by atoms with Gasteiger partial charge in [-0.2, -0.15) is 0 Å². The minimum atomic E-state index is -0.356. The Kier molecular flexibility index (Phi) is 2.84. The molecule has 4 aliphatic rings. The van der Waals surface area contributed by atoms with Gasteiger partial charge in [-0.3, -0.25) is 9.88 Å². The highest BCUT2D eigenvalue weighted by molar-refractivity contribution is 7.13. The minimum absolute atomic E-state index is 0.288. The number of carbonyl (C=O) groups excluding carboxylic acids is 1. The molecule has 1 spiro atoms. The van der Waals surface area contributed by atoms with Gasteiger partial charge < -0.3 is 9.15 Å². The number of piperidine rings is 3. The summed E-state index contributed by atoms with van der Waals surface area (Å²) in [5.41, 5.74) is 2.38. The number of thiazole rings is 1. The maximum absolute atomic E-state index is 12.4. The molecule has 0 saturated carbocycles. The summed E-state index contributed by atoms with van der Waals surface area (Å²) in [6.07, 6.45) is 5.43. The molecule has 7 heteroatoms. The van der Waals surface area contributed by atoms with Crippen LogP contribution in [0.25, 0.3) is 10.4 Å². The van der Waals surface area contributed by atoms with E-state index in [1.807, 2.05) is 6.07 Å². The Morgan fingerprint density at radius 3 is 2.87 bits per heavy atom. The van der Waals surface area contributed by atoms with Crippen LogP contribution in [0, 0.1) is 5.92 Å². The van der Waals surface area contributed by atoms with Crippen LogP contribution in [0.5, 0.6) is 0 Å². The zero-order chi connectivity index (χ0) is 15.4. The molecule has 4 aliphatic heterocycles. The summed E-state index contributed by atoms with van der Waals surface area (Å²) in [6, 6.07) is 1.90. The lowest BCUT2D eigenvalue weighted by molar-refractivity contribution is -0.0881. The van der Waals surface area contributed by atoms with Crippen LogP contribution >= 0.6 is 11.3 Å². The van der Waals surface area contributed by atoms with Gasteiger partial charge in [0.1, 0.15) is 11.9 Å². The Labute approximate surface area is 137 Å². The van der Waals surface area contributed by atoms with E-state index in [4.69, 9.17) is 9.15 Å². The number of nitrogens with zero attached hydrogens (tertiary/aromatic N) is 3. The molecule has 0 unspecified atom stereocenters. The zero-order valence-electron chi connectivity index (χ0n) is 12.6. The van der Waals surface area contributed by atoms with Gasteiger partial charge in [-0.15, -0.1) is 11.3 Å². The van der Waals surface area contributed by atoms with Gasteiger partial charge in [0.05, 0.1) is 16.9 Å². The van der Waals surface area contributed by atoms with E-state index >= 15 is 0 Å². The molecule has 6 nitrogen and oxygen atoms in total. The molecule has 0 N–H and O–H groups in total. The van der Waals surface area contributed by atoms with Crippen LogP contribution in [0.2, 0.25) is 0 Å². The number of ether oxygens (including phenoxy) is 1. The van der Waals surface area contributed by atoms with Crippen LogP contribution < -0.4 is 4.90 Å². The second kappa shape index (κ2) is 4.82. The van der Waals surface area contributed by atoms with Crippen molar-refractivity contribution in [3.63, 3.8) is 0 Å². The molecule has 0 radical (unpaired) electrons. The van der Waals surface area contributed by atoms with Gasteiger partial charge in [-0.1, -0.05) is 0 Å². The van der Waals surface area contributed by atoms with E-state index in [0.717, 1.165) is 42.9 Å². The molecule has 2 aromatic rings. The maximum Gasteiger partial charge on any atom is 0.417 e. The average molecular weight is 331 g/mol. The number of carbonyl (C=O) groups is 1. The Hall–Kier alpha value is -1.86. The number of aromatic nitrogens is 1. The number of amides is 1. The molecule has 2 aromatic heterocycles. The average Bonchev–Trinajstić information content (AvgIpc) is 3.28. The number of anilines is 1. The van der Waals surface area contributed by atoms with Gasteiger partial charge in [-0.25, -0.2) is 9.69 Å². The van der Waals surface area contributed by atoms with E-state index in [0.29, 0.717) is 18.3 Å². The molecule has 1 amide bonds. The third-order valence-corrected chi connectivity index (χ3v) is 6.15. The van der Waals surface area contributed by atoms with E-state index in [9.17, 15) is 4.79 Å². The van der Waals surface area contributed by atoms with Crippen molar-refractivity contribution in [1.82, 2.24) is 9.88 Å². The first-order chi connectivity index (χ1) is 11.2. The predicted octanol–water partition coefficient (Wildman–Crippen LogP) is 2.82. The molecule has 1 atom stereocenters. The fourth-order valence-corrected chi connectivity index (χ4v) is 4.73. The van der Waals surface area contributed by atoms with Gasteiger partial charge in [-0.05, 0) is 25.9 Å². The van der Waals surface area contributed by atoms with Crippen molar-refractivity contribution in [3.05, 3.63) is 24.0 Å². The first kappa shape index (κ1) is 13.6. The van der Waals surface area contributed by atoms with E-state index in [2.05, 4.69) is 9.88 Å². The van der Waals surface area contributed by atoms with Crippen LogP contribution in [0.3, 0.4) is 0 Å². The predicted molar refractivity (Wildman–Crippen MR) is 85.5 cm³/mol.